The number of sulfonamides is 1. The molecular weight excluding hydrogens is 707 g/mol. The van der Waals surface area contributed by atoms with E-state index < -0.39 is 50.3 Å². The molecule has 278 valence electrons. The monoisotopic (exact) mass is 751 g/mol. The summed E-state index contributed by atoms with van der Waals surface area (Å²) in [6.07, 6.45) is 8.46. The minimum Gasteiger partial charge on any atom is -0.497 e. The quantitative estimate of drug-likeness (QED) is 0.265. The Hall–Kier alpha value is -4.37. The highest BCUT2D eigenvalue weighted by molar-refractivity contribution is 7.91. The molecule has 7 rings (SSSR count). The maximum absolute atomic E-state index is 14.6. The van der Waals surface area contributed by atoms with E-state index in [9.17, 15) is 22.8 Å². The Morgan fingerprint density at radius 1 is 1.06 bits per heavy atom. The minimum absolute atomic E-state index is 0.113. The van der Waals surface area contributed by atoms with Crippen molar-refractivity contribution in [3.8, 4) is 16.7 Å². The second-order valence-corrected chi connectivity index (χ2v) is 17.6. The van der Waals surface area contributed by atoms with Crippen LogP contribution in [0.25, 0.3) is 10.2 Å². The first-order valence-electron chi connectivity index (χ1n) is 17.8. The van der Waals surface area contributed by atoms with E-state index >= 15 is 0 Å². The lowest BCUT2D eigenvalue weighted by Gasteiger charge is -2.30. The number of fused-ring (bicyclic) bond motifs is 3. The van der Waals surface area contributed by atoms with Gasteiger partial charge in [-0.2, -0.15) is 0 Å². The molecule has 1 saturated heterocycles. The second kappa shape index (κ2) is 14.2. The van der Waals surface area contributed by atoms with Crippen LogP contribution in [-0.4, -0.2) is 85.3 Å². The van der Waals surface area contributed by atoms with Gasteiger partial charge in [0, 0.05) is 24.1 Å². The molecule has 1 aromatic heterocycles. The summed E-state index contributed by atoms with van der Waals surface area (Å²) in [5.74, 6) is -0.614. The van der Waals surface area contributed by atoms with Crippen LogP contribution in [0, 0.1) is 5.92 Å². The summed E-state index contributed by atoms with van der Waals surface area (Å²) in [5.41, 5.74) is -0.0105. The predicted octanol–water partition coefficient (Wildman–Crippen LogP) is 4.54. The van der Waals surface area contributed by atoms with Gasteiger partial charge in [0.25, 0.3) is 11.1 Å². The molecule has 15 heteroatoms. The van der Waals surface area contributed by atoms with Gasteiger partial charge < -0.3 is 29.7 Å². The fourth-order valence-electron chi connectivity index (χ4n) is 7.06. The van der Waals surface area contributed by atoms with E-state index in [1.807, 2.05) is 54.6 Å². The number of rotatable bonds is 9. The van der Waals surface area contributed by atoms with Crippen LogP contribution in [0.5, 0.6) is 16.7 Å². The van der Waals surface area contributed by atoms with Gasteiger partial charge in [0.1, 0.15) is 35.2 Å². The molecule has 3 fully saturated rings. The van der Waals surface area contributed by atoms with E-state index in [1.165, 1.54) is 16.2 Å². The zero-order valence-corrected chi connectivity index (χ0v) is 31.2. The first-order valence-corrected chi connectivity index (χ1v) is 20.1. The average Bonchev–Trinajstić information content (AvgIpc) is 3.94. The van der Waals surface area contributed by atoms with Crippen molar-refractivity contribution < 1.29 is 37.0 Å². The van der Waals surface area contributed by atoms with Gasteiger partial charge in [0.15, 0.2) is 0 Å². The number of hydrogen-bond acceptors (Lipinski definition) is 11. The van der Waals surface area contributed by atoms with Gasteiger partial charge in [-0.05, 0) is 75.8 Å². The maximum atomic E-state index is 14.6. The third kappa shape index (κ3) is 7.29. The Kier molecular flexibility index (Phi) is 9.85. The number of nitrogens with zero attached hydrogens (tertiary/aromatic N) is 2. The number of aromatic nitrogens is 1. The molecule has 0 unspecified atom stereocenters. The highest BCUT2D eigenvalue weighted by Crippen LogP contribution is 2.47. The number of amides is 3. The lowest BCUT2D eigenvalue weighted by atomic mass is 10.0. The van der Waals surface area contributed by atoms with Gasteiger partial charge in [-0.1, -0.05) is 42.4 Å². The summed E-state index contributed by atoms with van der Waals surface area (Å²) in [6, 6.07) is 11.2. The molecule has 3 N–H and O–H groups in total. The van der Waals surface area contributed by atoms with Gasteiger partial charge in [-0.15, -0.1) is 0 Å². The van der Waals surface area contributed by atoms with Crippen molar-refractivity contribution in [1.82, 2.24) is 19.9 Å². The van der Waals surface area contributed by atoms with Crippen molar-refractivity contribution in [2.24, 2.45) is 5.92 Å². The Balaban J connectivity index is 1.19. The van der Waals surface area contributed by atoms with Gasteiger partial charge >= 0.3 is 0 Å². The van der Waals surface area contributed by atoms with Crippen LogP contribution in [0.3, 0.4) is 0 Å². The van der Waals surface area contributed by atoms with Crippen molar-refractivity contribution in [2.45, 2.75) is 93.2 Å². The smallest absolute Gasteiger partial charge is 0.274 e. The molecule has 5 atom stereocenters. The standard InChI is InChI=1S/C37H45N5O8S2/c1-36(16-17-36)52(46,47)41-34(45)37-21-23(37)10-7-5-4-6-8-13-29(38-24-11-9-12-25(18-24)48-2)33(44)42-22-27(19-30(42)32(43)40-37)50-35-39-28-15-14-26(49-3)20-31(28)51-35/h7,9-12,14-15,18,20,23,27,29-30,38H,4-6,8,13,16-17,19,21-22H2,1-3H3,(H,40,43)(H,41,45)/t23-,27-,29+,30+,37-/m1/s1. The highest BCUT2D eigenvalue weighted by atomic mass is 32.2. The second-order valence-electron chi connectivity index (χ2n) is 14.4. The average molecular weight is 752 g/mol. The first-order chi connectivity index (χ1) is 24.9. The van der Waals surface area contributed by atoms with Crippen LogP contribution >= 0.6 is 11.3 Å². The van der Waals surface area contributed by atoms with Crippen molar-refractivity contribution in [3.63, 3.8) is 0 Å². The van der Waals surface area contributed by atoms with Crippen molar-refractivity contribution in [3.05, 3.63) is 54.6 Å². The van der Waals surface area contributed by atoms with Crippen molar-refractivity contribution in [2.75, 3.05) is 26.1 Å². The molecular formula is C37H45N5O8S2. The number of nitrogens with one attached hydrogen (secondary N) is 3. The van der Waals surface area contributed by atoms with Crippen LogP contribution in [-0.2, 0) is 24.4 Å². The van der Waals surface area contributed by atoms with E-state index in [0.717, 1.165) is 35.9 Å². The molecule has 4 aliphatic rings. The Morgan fingerprint density at radius 3 is 2.62 bits per heavy atom. The molecule has 2 saturated carbocycles. The first kappa shape index (κ1) is 36.0. The van der Waals surface area contributed by atoms with Gasteiger partial charge in [0.2, 0.25) is 21.8 Å². The number of carbonyl (C=O) groups excluding carboxylic acids is 3. The molecule has 3 amide bonds. The predicted molar refractivity (Wildman–Crippen MR) is 197 cm³/mol. The molecule has 0 spiro atoms. The molecule has 2 aliphatic heterocycles. The van der Waals surface area contributed by atoms with E-state index in [4.69, 9.17) is 14.2 Å². The number of allylic oxidation sites excluding steroid dienone is 1. The molecule has 52 heavy (non-hydrogen) atoms. The summed E-state index contributed by atoms with van der Waals surface area (Å²) in [6.45, 7) is 1.72. The number of ether oxygens (including phenoxy) is 3. The lowest BCUT2D eigenvalue weighted by Crippen LogP contribution is -2.58. The fourth-order valence-corrected chi connectivity index (χ4v) is 9.29. The topological polar surface area (TPSA) is 165 Å². The largest absolute Gasteiger partial charge is 0.497 e. The van der Waals surface area contributed by atoms with Gasteiger partial charge in [-0.25, -0.2) is 13.4 Å². The number of methoxy groups -OCH3 is 2. The zero-order valence-electron chi connectivity index (χ0n) is 29.6. The Morgan fingerprint density at radius 2 is 1.85 bits per heavy atom. The number of carbonyl (C=O) groups is 3. The Labute approximate surface area is 307 Å². The SMILES string of the molecule is COc1cccc(N[C@H]2CCCCCC=C[C@@H]3C[C@@]3(C(=O)NS(=O)(=O)C3(C)CC3)NC(=O)[C@@H]3C[C@@H](Oc4nc5ccc(OC)cc5s4)CN3C2=O)c1. The summed E-state index contributed by atoms with van der Waals surface area (Å²) < 4.78 is 45.5. The third-order valence-corrected chi connectivity index (χ3v) is 13.8. The number of benzene rings is 2. The maximum Gasteiger partial charge on any atom is 0.274 e. The van der Waals surface area contributed by atoms with Gasteiger partial charge in [-0.3, -0.25) is 19.1 Å². The number of thiazole rings is 1. The summed E-state index contributed by atoms with van der Waals surface area (Å²) in [7, 11) is -0.772. The molecule has 2 aliphatic carbocycles. The van der Waals surface area contributed by atoms with Crippen LogP contribution in [0.15, 0.2) is 54.6 Å². The molecule has 2 aromatic carbocycles. The number of anilines is 1. The zero-order chi connectivity index (χ0) is 36.7. The van der Waals surface area contributed by atoms with Crippen LogP contribution in [0.2, 0.25) is 0 Å². The summed E-state index contributed by atoms with van der Waals surface area (Å²) in [5, 5.41) is 6.74. The molecule has 0 bridgehead atoms. The van der Waals surface area contributed by atoms with Crippen LogP contribution < -0.4 is 29.6 Å². The summed E-state index contributed by atoms with van der Waals surface area (Å²) in [4.78, 5) is 48.9. The summed E-state index contributed by atoms with van der Waals surface area (Å²) >= 11 is 1.34. The minimum atomic E-state index is -3.95. The van der Waals surface area contributed by atoms with Gasteiger partial charge in [0.05, 0.1) is 35.7 Å². The molecule has 13 nitrogen and oxygen atoms in total. The Bertz CT molecular complexity index is 2000. The third-order valence-electron chi connectivity index (χ3n) is 10.7. The van der Waals surface area contributed by atoms with E-state index in [0.29, 0.717) is 41.6 Å². The lowest BCUT2D eigenvalue weighted by molar-refractivity contribution is -0.140. The van der Waals surface area contributed by atoms with Crippen LogP contribution in [0.1, 0.15) is 64.7 Å². The number of hydrogen-bond donors (Lipinski definition) is 3. The molecule has 3 aromatic rings. The highest BCUT2D eigenvalue weighted by Gasteiger charge is 2.63. The normalized spacial score (nSPS) is 27.3. The van der Waals surface area contributed by atoms with Crippen LogP contribution in [0.4, 0.5) is 5.69 Å². The van der Waals surface area contributed by atoms with Crippen molar-refractivity contribution >= 4 is 55.0 Å². The molecule has 0 radical (unpaired) electrons. The van der Waals surface area contributed by atoms with E-state index in [2.05, 4.69) is 20.3 Å². The van der Waals surface area contributed by atoms with Crippen molar-refractivity contribution in [1.29, 1.82) is 0 Å². The fraction of sp³-hybridized carbons (Fsp3) is 0.514. The molecule has 3 heterocycles. The van der Waals surface area contributed by atoms with E-state index in [-0.39, 0.29) is 31.2 Å². The van der Waals surface area contributed by atoms with E-state index in [1.54, 1.807) is 21.1 Å².